The summed E-state index contributed by atoms with van der Waals surface area (Å²) in [4.78, 5) is 12.9. The number of hydrogen-bond acceptors (Lipinski definition) is 2. The quantitative estimate of drug-likeness (QED) is 0.674. The summed E-state index contributed by atoms with van der Waals surface area (Å²) in [5.74, 6) is 0.516. The number of carbonyl (C=O) groups excluding carboxylic acids is 1. The zero-order valence-electron chi connectivity index (χ0n) is 9.33. The zero-order chi connectivity index (χ0) is 10.4. The van der Waals surface area contributed by atoms with E-state index in [1.807, 2.05) is 0 Å². The molecule has 1 rings (SSSR count). The Morgan fingerprint density at radius 1 is 1.29 bits per heavy atom. The van der Waals surface area contributed by atoms with Crippen LogP contribution in [0.25, 0.3) is 0 Å². The van der Waals surface area contributed by atoms with Crippen LogP contribution in [0.5, 0.6) is 0 Å². The van der Waals surface area contributed by atoms with E-state index in [9.17, 15) is 4.79 Å². The zero-order valence-corrected chi connectivity index (χ0v) is 9.33. The Hall–Kier alpha value is -0.570. The molecule has 0 radical (unpaired) electrons. The highest BCUT2D eigenvalue weighted by Gasteiger charge is 2.18. The lowest BCUT2D eigenvalue weighted by atomic mass is 10.0. The van der Waals surface area contributed by atoms with Gasteiger partial charge in [-0.1, -0.05) is 20.3 Å². The first-order chi connectivity index (χ1) is 6.74. The van der Waals surface area contributed by atoms with Crippen molar-refractivity contribution in [1.82, 2.24) is 10.2 Å². The van der Waals surface area contributed by atoms with Crippen LogP contribution in [-0.4, -0.2) is 37.0 Å². The van der Waals surface area contributed by atoms with Gasteiger partial charge < -0.3 is 10.2 Å². The van der Waals surface area contributed by atoms with Crippen LogP contribution in [0, 0.1) is 5.92 Å². The van der Waals surface area contributed by atoms with Crippen molar-refractivity contribution in [3.05, 3.63) is 0 Å². The summed E-state index contributed by atoms with van der Waals surface area (Å²) < 4.78 is 0. The normalized spacial score (nSPS) is 20.8. The highest BCUT2D eigenvalue weighted by molar-refractivity contribution is 5.46. The standard InChI is InChI=1S/C11H22N2O/c1-10(2)11(12-9-14)8-13-6-4-3-5-7-13/h9-11H,3-8H2,1-2H3,(H,12,14)/t11-/m1/s1. The summed E-state index contributed by atoms with van der Waals surface area (Å²) in [7, 11) is 0. The fourth-order valence-corrected chi connectivity index (χ4v) is 1.96. The monoisotopic (exact) mass is 198 g/mol. The Morgan fingerprint density at radius 3 is 2.43 bits per heavy atom. The van der Waals surface area contributed by atoms with E-state index >= 15 is 0 Å². The van der Waals surface area contributed by atoms with Gasteiger partial charge in [0.05, 0.1) is 0 Å². The number of likely N-dealkylation sites (tertiary alicyclic amines) is 1. The van der Waals surface area contributed by atoms with Gasteiger partial charge >= 0.3 is 0 Å². The van der Waals surface area contributed by atoms with Crippen molar-refractivity contribution in [1.29, 1.82) is 0 Å². The van der Waals surface area contributed by atoms with Crippen LogP contribution in [-0.2, 0) is 4.79 Å². The van der Waals surface area contributed by atoms with Crippen molar-refractivity contribution in [3.63, 3.8) is 0 Å². The molecule has 3 heteroatoms. The highest BCUT2D eigenvalue weighted by atomic mass is 16.1. The maximum Gasteiger partial charge on any atom is 0.207 e. The maximum absolute atomic E-state index is 10.4. The molecule has 0 saturated carbocycles. The molecule has 0 unspecified atom stereocenters. The van der Waals surface area contributed by atoms with Gasteiger partial charge in [0.15, 0.2) is 0 Å². The smallest absolute Gasteiger partial charge is 0.207 e. The largest absolute Gasteiger partial charge is 0.354 e. The molecular formula is C11H22N2O. The third-order valence-corrected chi connectivity index (χ3v) is 2.99. The number of amides is 1. The summed E-state index contributed by atoms with van der Waals surface area (Å²) in [6.07, 6.45) is 4.82. The predicted octanol–water partition coefficient (Wildman–Crippen LogP) is 1.24. The van der Waals surface area contributed by atoms with E-state index in [4.69, 9.17) is 0 Å². The molecule has 0 bridgehead atoms. The van der Waals surface area contributed by atoms with E-state index in [2.05, 4.69) is 24.1 Å². The molecule has 1 atom stereocenters. The molecule has 0 aromatic heterocycles. The SMILES string of the molecule is CC(C)[C@@H](CN1CCCCC1)NC=O. The van der Waals surface area contributed by atoms with Gasteiger partial charge in [-0.15, -0.1) is 0 Å². The predicted molar refractivity (Wildman–Crippen MR) is 58.1 cm³/mol. The second-order valence-corrected chi connectivity index (χ2v) is 4.50. The van der Waals surface area contributed by atoms with Gasteiger partial charge in [0.1, 0.15) is 0 Å². The summed E-state index contributed by atoms with van der Waals surface area (Å²) in [5, 5.41) is 2.91. The topological polar surface area (TPSA) is 32.3 Å². The van der Waals surface area contributed by atoms with E-state index in [1.54, 1.807) is 0 Å². The minimum Gasteiger partial charge on any atom is -0.354 e. The first kappa shape index (κ1) is 11.5. The van der Waals surface area contributed by atoms with Gasteiger partial charge in [0.2, 0.25) is 6.41 Å². The molecule has 1 amide bonds. The third kappa shape index (κ3) is 3.66. The minimum absolute atomic E-state index is 0.311. The van der Waals surface area contributed by atoms with Gasteiger partial charge in [0, 0.05) is 12.6 Å². The highest BCUT2D eigenvalue weighted by Crippen LogP contribution is 2.11. The molecule has 3 nitrogen and oxygen atoms in total. The van der Waals surface area contributed by atoms with Crippen molar-refractivity contribution in [2.24, 2.45) is 5.92 Å². The van der Waals surface area contributed by atoms with Crippen molar-refractivity contribution in [2.45, 2.75) is 39.2 Å². The summed E-state index contributed by atoms with van der Waals surface area (Å²) in [6, 6.07) is 0.311. The number of hydrogen-bond donors (Lipinski definition) is 1. The van der Waals surface area contributed by atoms with Gasteiger partial charge in [-0.3, -0.25) is 4.79 Å². The van der Waals surface area contributed by atoms with Crippen LogP contribution >= 0.6 is 0 Å². The fraction of sp³-hybridized carbons (Fsp3) is 0.909. The average Bonchev–Trinajstić information content (AvgIpc) is 2.18. The average molecular weight is 198 g/mol. The van der Waals surface area contributed by atoms with E-state index < -0.39 is 0 Å². The molecule has 1 aliphatic heterocycles. The number of nitrogens with one attached hydrogen (secondary N) is 1. The van der Waals surface area contributed by atoms with Gasteiger partial charge in [-0.05, 0) is 31.8 Å². The number of rotatable bonds is 5. The molecule has 0 spiro atoms. The van der Waals surface area contributed by atoms with Crippen LogP contribution in [0.4, 0.5) is 0 Å². The Labute approximate surface area is 86.9 Å². The van der Waals surface area contributed by atoms with Crippen LogP contribution in [0.1, 0.15) is 33.1 Å². The maximum atomic E-state index is 10.4. The number of carbonyl (C=O) groups is 1. The van der Waals surface area contributed by atoms with Crippen LogP contribution in [0.3, 0.4) is 0 Å². The second kappa shape index (κ2) is 6.02. The lowest BCUT2D eigenvalue weighted by Crippen LogP contribution is -2.45. The van der Waals surface area contributed by atoms with E-state index in [-0.39, 0.29) is 0 Å². The first-order valence-corrected chi connectivity index (χ1v) is 5.66. The number of nitrogens with zero attached hydrogens (tertiary/aromatic N) is 1. The van der Waals surface area contributed by atoms with Crippen LogP contribution < -0.4 is 5.32 Å². The summed E-state index contributed by atoms with van der Waals surface area (Å²) in [6.45, 7) is 7.72. The molecule has 1 aliphatic rings. The molecule has 0 aromatic carbocycles. The van der Waals surface area contributed by atoms with E-state index in [0.717, 1.165) is 13.0 Å². The fourth-order valence-electron chi connectivity index (χ4n) is 1.96. The molecule has 1 fully saturated rings. The Bertz CT molecular complexity index is 165. The van der Waals surface area contributed by atoms with Gasteiger partial charge in [-0.2, -0.15) is 0 Å². The molecule has 82 valence electrons. The van der Waals surface area contributed by atoms with E-state index in [1.165, 1.54) is 32.4 Å². The Kier molecular flexibility index (Phi) is 4.94. The lowest BCUT2D eigenvalue weighted by Gasteiger charge is -2.31. The Morgan fingerprint density at radius 2 is 1.93 bits per heavy atom. The molecule has 0 aliphatic carbocycles. The van der Waals surface area contributed by atoms with Crippen LogP contribution in [0.15, 0.2) is 0 Å². The van der Waals surface area contributed by atoms with Crippen molar-refractivity contribution >= 4 is 6.41 Å². The lowest BCUT2D eigenvalue weighted by molar-refractivity contribution is -0.110. The van der Waals surface area contributed by atoms with Crippen molar-refractivity contribution < 1.29 is 4.79 Å². The molecule has 1 N–H and O–H groups in total. The summed E-state index contributed by atoms with van der Waals surface area (Å²) >= 11 is 0. The minimum atomic E-state index is 0.311. The molecular weight excluding hydrogens is 176 g/mol. The summed E-state index contributed by atoms with van der Waals surface area (Å²) in [5.41, 5.74) is 0. The van der Waals surface area contributed by atoms with Crippen molar-refractivity contribution in [3.8, 4) is 0 Å². The third-order valence-electron chi connectivity index (χ3n) is 2.99. The van der Waals surface area contributed by atoms with Crippen LogP contribution in [0.2, 0.25) is 0 Å². The van der Waals surface area contributed by atoms with Gasteiger partial charge in [0.25, 0.3) is 0 Å². The molecule has 0 aromatic rings. The number of piperidine rings is 1. The molecule has 14 heavy (non-hydrogen) atoms. The van der Waals surface area contributed by atoms with E-state index in [0.29, 0.717) is 12.0 Å². The Balaban J connectivity index is 2.33. The molecule has 1 saturated heterocycles. The first-order valence-electron chi connectivity index (χ1n) is 5.66. The van der Waals surface area contributed by atoms with Crippen molar-refractivity contribution in [2.75, 3.05) is 19.6 Å². The van der Waals surface area contributed by atoms with Gasteiger partial charge in [-0.25, -0.2) is 0 Å². The molecule has 1 heterocycles. The second-order valence-electron chi connectivity index (χ2n) is 4.50.